The highest BCUT2D eigenvalue weighted by molar-refractivity contribution is 5.94. The zero-order valence-electron chi connectivity index (χ0n) is 13.1. The number of carbonyl (C=O) groups is 1. The second kappa shape index (κ2) is 8.46. The van der Waals surface area contributed by atoms with Gasteiger partial charge in [0.15, 0.2) is 0 Å². The lowest BCUT2D eigenvalue weighted by Crippen LogP contribution is -2.47. The summed E-state index contributed by atoms with van der Waals surface area (Å²) in [6.45, 7) is 4.74. The Balaban J connectivity index is 0.00000242. The molecule has 0 bridgehead atoms. The average Bonchev–Trinajstić information content (AvgIpc) is 2.46. The van der Waals surface area contributed by atoms with Crippen LogP contribution in [0.2, 0.25) is 0 Å². The first-order valence-electron chi connectivity index (χ1n) is 7.30. The number of ether oxygens (including phenoxy) is 1. The van der Waals surface area contributed by atoms with Crippen LogP contribution in [0.15, 0.2) is 18.2 Å². The number of benzene rings is 1. The van der Waals surface area contributed by atoms with Crippen molar-refractivity contribution in [1.82, 2.24) is 10.6 Å². The third kappa shape index (κ3) is 4.66. The van der Waals surface area contributed by atoms with Gasteiger partial charge in [-0.15, -0.1) is 12.4 Å². The van der Waals surface area contributed by atoms with Crippen molar-refractivity contribution in [3.05, 3.63) is 35.1 Å². The average molecular weight is 331 g/mol. The molecule has 1 amide bonds. The van der Waals surface area contributed by atoms with Gasteiger partial charge >= 0.3 is 0 Å². The Morgan fingerprint density at radius 3 is 2.68 bits per heavy atom. The van der Waals surface area contributed by atoms with Crippen molar-refractivity contribution in [3.8, 4) is 0 Å². The molecular formula is C16H24ClFN2O2. The third-order valence-electron chi connectivity index (χ3n) is 4.11. The van der Waals surface area contributed by atoms with Gasteiger partial charge in [-0.05, 0) is 50.6 Å². The van der Waals surface area contributed by atoms with E-state index in [9.17, 15) is 9.18 Å². The molecule has 1 saturated heterocycles. The van der Waals surface area contributed by atoms with E-state index in [4.69, 9.17) is 4.74 Å². The smallest absolute Gasteiger partial charge is 0.254 e. The number of halogens is 2. The predicted molar refractivity (Wildman–Crippen MR) is 87.1 cm³/mol. The molecule has 22 heavy (non-hydrogen) atoms. The number of carbonyl (C=O) groups excluding carboxylic acids is 1. The summed E-state index contributed by atoms with van der Waals surface area (Å²) in [7, 11) is 1.67. The van der Waals surface area contributed by atoms with Crippen LogP contribution in [0.5, 0.6) is 0 Å². The second-order valence-corrected chi connectivity index (χ2v) is 5.85. The number of hydrogen-bond donors (Lipinski definition) is 2. The van der Waals surface area contributed by atoms with Gasteiger partial charge in [-0.1, -0.05) is 6.07 Å². The molecule has 0 atom stereocenters. The van der Waals surface area contributed by atoms with Gasteiger partial charge < -0.3 is 15.4 Å². The molecule has 6 heteroatoms. The van der Waals surface area contributed by atoms with Crippen LogP contribution in [-0.2, 0) is 4.74 Å². The summed E-state index contributed by atoms with van der Waals surface area (Å²) in [6.07, 6.45) is 1.88. The van der Waals surface area contributed by atoms with Crippen LogP contribution in [0.4, 0.5) is 4.39 Å². The predicted octanol–water partition coefficient (Wildman–Crippen LogP) is 2.30. The van der Waals surface area contributed by atoms with Gasteiger partial charge in [-0.3, -0.25) is 4.79 Å². The molecule has 0 saturated carbocycles. The maximum Gasteiger partial charge on any atom is 0.254 e. The Labute approximate surface area is 137 Å². The molecule has 1 aromatic carbocycles. The SMILES string of the molecule is COCC1(CNC(=O)c2ccc(C)cc2F)CCNCC1.Cl. The first-order chi connectivity index (χ1) is 10.1. The topological polar surface area (TPSA) is 50.4 Å². The van der Waals surface area contributed by atoms with E-state index in [1.165, 1.54) is 12.1 Å². The van der Waals surface area contributed by atoms with Crippen molar-refractivity contribution in [2.75, 3.05) is 33.4 Å². The van der Waals surface area contributed by atoms with E-state index in [0.717, 1.165) is 31.5 Å². The number of nitrogens with one attached hydrogen (secondary N) is 2. The highest BCUT2D eigenvalue weighted by Gasteiger charge is 2.32. The van der Waals surface area contributed by atoms with E-state index in [1.54, 1.807) is 20.1 Å². The summed E-state index contributed by atoms with van der Waals surface area (Å²) in [5, 5.41) is 6.17. The summed E-state index contributed by atoms with van der Waals surface area (Å²) in [5.74, 6) is -0.833. The number of methoxy groups -OCH3 is 1. The molecule has 4 nitrogen and oxygen atoms in total. The molecule has 1 aliphatic heterocycles. The van der Waals surface area contributed by atoms with Crippen LogP contribution in [0.1, 0.15) is 28.8 Å². The van der Waals surface area contributed by atoms with Gasteiger partial charge in [0.05, 0.1) is 12.2 Å². The molecule has 0 unspecified atom stereocenters. The number of aryl methyl sites for hydroxylation is 1. The van der Waals surface area contributed by atoms with Crippen molar-refractivity contribution < 1.29 is 13.9 Å². The minimum Gasteiger partial charge on any atom is -0.384 e. The first kappa shape index (κ1) is 18.9. The second-order valence-electron chi connectivity index (χ2n) is 5.85. The summed E-state index contributed by atoms with van der Waals surface area (Å²) in [6, 6.07) is 4.66. The van der Waals surface area contributed by atoms with Crippen molar-refractivity contribution in [2.24, 2.45) is 5.41 Å². The molecular weight excluding hydrogens is 307 g/mol. The van der Waals surface area contributed by atoms with E-state index < -0.39 is 5.82 Å². The van der Waals surface area contributed by atoms with E-state index in [2.05, 4.69) is 10.6 Å². The standard InChI is InChI=1S/C16H23FN2O2.ClH/c1-12-3-4-13(14(17)9-12)15(20)19-10-16(11-21-2)5-7-18-8-6-16;/h3-4,9,18H,5-8,10-11H2,1-2H3,(H,19,20);1H. The molecule has 1 heterocycles. The summed E-state index contributed by atoms with van der Waals surface area (Å²) in [4.78, 5) is 12.2. The lowest BCUT2D eigenvalue weighted by atomic mass is 9.79. The van der Waals surface area contributed by atoms with Crippen molar-refractivity contribution in [3.63, 3.8) is 0 Å². The Bertz CT molecular complexity index is 499. The number of rotatable bonds is 5. The van der Waals surface area contributed by atoms with Gasteiger partial charge in [0.2, 0.25) is 0 Å². The monoisotopic (exact) mass is 330 g/mol. The van der Waals surface area contributed by atoms with Crippen LogP contribution < -0.4 is 10.6 Å². The van der Waals surface area contributed by atoms with E-state index >= 15 is 0 Å². The van der Waals surface area contributed by atoms with E-state index in [-0.39, 0.29) is 29.3 Å². The zero-order valence-corrected chi connectivity index (χ0v) is 13.9. The van der Waals surface area contributed by atoms with Crippen LogP contribution in [0.3, 0.4) is 0 Å². The van der Waals surface area contributed by atoms with Crippen LogP contribution in [-0.4, -0.2) is 39.3 Å². The van der Waals surface area contributed by atoms with Crippen molar-refractivity contribution >= 4 is 18.3 Å². The molecule has 2 N–H and O–H groups in total. The zero-order chi connectivity index (χ0) is 15.3. The van der Waals surface area contributed by atoms with Crippen LogP contribution >= 0.6 is 12.4 Å². The fraction of sp³-hybridized carbons (Fsp3) is 0.562. The van der Waals surface area contributed by atoms with Crippen molar-refractivity contribution in [2.45, 2.75) is 19.8 Å². The minimum atomic E-state index is -0.474. The summed E-state index contributed by atoms with van der Waals surface area (Å²) >= 11 is 0. The van der Waals surface area contributed by atoms with Gasteiger partial charge in [-0.25, -0.2) is 4.39 Å². The highest BCUT2D eigenvalue weighted by atomic mass is 35.5. The quantitative estimate of drug-likeness (QED) is 0.871. The lowest BCUT2D eigenvalue weighted by molar-refractivity contribution is 0.0511. The molecule has 124 valence electrons. The number of hydrogen-bond acceptors (Lipinski definition) is 3. The largest absolute Gasteiger partial charge is 0.384 e. The molecule has 0 aromatic heterocycles. The summed E-state index contributed by atoms with van der Waals surface area (Å²) < 4.78 is 19.1. The Hall–Kier alpha value is -1.17. The van der Waals surface area contributed by atoms with Gasteiger partial charge in [-0.2, -0.15) is 0 Å². The number of piperidine rings is 1. The Morgan fingerprint density at radius 1 is 1.41 bits per heavy atom. The first-order valence-corrected chi connectivity index (χ1v) is 7.30. The summed E-state index contributed by atoms with van der Waals surface area (Å²) in [5.41, 5.74) is 0.844. The molecule has 0 aliphatic carbocycles. The lowest BCUT2D eigenvalue weighted by Gasteiger charge is -2.37. The molecule has 2 rings (SSSR count). The fourth-order valence-electron chi connectivity index (χ4n) is 2.80. The molecule has 1 aliphatic rings. The molecule has 0 radical (unpaired) electrons. The maximum absolute atomic E-state index is 13.8. The fourth-order valence-corrected chi connectivity index (χ4v) is 2.80. The Morgan fingerprint density at radius 2 is 2.09 bits per heavy atom. The van der Waals surface area contributed by atoms with Gasteiger partial charge in [0.25, 0.3) is 5.91 Å². The van der Waals surface area contributed by atoms with Crippen LogP contribution in [0.25, 0.3) is 0 Å². The molecule has 1 fully saturated rings. The van der Waals surface area contributed by atoms with Crippen LogP contribution in [0, 0.1) is 18.2 Å². The van der Waals surface area contributed by atoms with E-state index in [0.29, 0.717) is 13.2 Å². The van der Waals surface area contributed by atoms with Gasteiger partial charge in [0.1, 0.15) is 5.82 Å². The third-order valence-corrected chi connectivity index (χ3v) is 4.11. The minimum absolute atomic E-state index is 0. The highest BCUT2D eigenvalue weighted by Crippen LogP contribution is 2.28. The van der Waals surface area contributed by atoms with Gasteiger partial charge in [0, 0.05) is 19.1 Å². The molecule has 1 aromatic rings. The Kier molecular flexibility index (Phi) is 7.26. The number of amides is 1. The molecule has 0 spiro atoms. The van der Waals surface area contributed by atoms with Crippen molar-refractivity contribution in [1.29, 1.82) is 0 Å². The normalized spacial score (nSPS) is 16.7. The maximum atomic E-state index is 13.8. The van der Waals surface area contributed by atoms with E-state index in [1.807, 2.05) is 0 Å².